The van der Waals surface area contributed by atoms with Crippen molar-refractivity contribution >= 4 is 5.91 Å². The lowest BCUT2D eigenvalue weighted by molar-refractivity contribution is -0.144. The second-order valence-corrected chi connectivity index (χ2v) is 4.14. The van der Waals surface area contributed by atoms with E-state index in [1.807, 2.05) is 0 Å². The predicted molar refractivity (Wildman–Crippen MR) is 57.6 cm³/mol. The Kier molecular flexibility index (Phi) is 3.75. The summed E-state index contributed by atoms with van der Waals surface area (Å²) >= 11 is 0. The second kappa shape index (κ2) is 5.16. The van der Waals surface area contributed by atoms with Crippen LogP contribution in [0.15, 0.2) is 18.2 Å². The van der Waals surface area contributed by atoms with E-state index < -0.39 is 29.0 Å². The van der Waals surface area contributed by atoms with E-state index >= 15 is 0 Å². The third-order valence-corrected chi connectivity index (χ3v) is 2.75. The summed E-state index contributed by atoms with van der Waals surface area (Å²) in [6.45, 7) is 0.542. The number of amides is 1. The van der Waals surface area contributed by atoms with E-state index in [-0.39, 0.29) is 6.54 Å². The Morgan fingerprint density at radius 2 is 2.00 bits per heavy atom. The average molecular weight is 277 g/mol. The molecule has 0 bridgehead atoms. The van der Waals surface area contributed by atoms with Gasteiger partial charge in [0.1, 0.15) is 5.82 Å². The van der Waals surface area contributed by atoms with E-state index in [1.165, 1.54) is 0 Å². The summed E-state index contributed by atoms with van der Waals surface area (Å²) in [5.41, 5.74) is -1.69. The van der Waals surface area contributed by atoms with Crippen molar-refractivity contribution in [2.45, 2.75) is 19.0 Å². The van der Waals surface area contributed by atoms with E-state index in [0.717, 1.165) is 11.5 Å². The Labute approximate surface area is 106 Å². The summed E-state index contributed by atoms with van der Waals surface area (Å²) in [7, 11) is 0. The number of rotatable bonds is 1. The van der Waals surface area contributed by atoms with Crippen molar-refractivity contribution in [2.24, 2.45) is 0 Å². The van der Waals surface area contributed by atoms with Crippen LogP contribution in [0.4, 0.5) is 17.6 Å². The summed E-state index contributed by atoms with van der Waals surface area (Å²) in [5.74, 6) is -1.88. The Hall–Kier alpha value is -1.63. The highest BCUT2D eigenvalue weighted by Gasteiger charge is 2.33. The fourth-order valence-electron chi connectivity index (χ4n) is 1.76. The lowest BCUT2D eigenvalue weighted by Crippen LogP contribution is -2.36. The molecule has 1 heterocycles. The van der Waals surface area contributed by atoms with Gasteiger partial charge in [-0.25, -0.2) is 9.45 Å². The van der Waals surface area contributed by atoms with Crippen LogP contribution in [0.2, 0.25) is 0 Å². The molecule has 19 heavy (non-hydrogen) atoms. The summed E-state index contributed by atoms with van der Waals surface area (Å²) in [6, 6.07) is 1.75. The predicted octanol–water partition coefficient (Wildman–Crippen LogP) is 3.01. The standard InChI is InChI=1S/C12H11F4NO2/c13-10-4-3-8(12(14,15)16)7-9(10)11(18)17-5-1-2-6-19-17/h3-4,7H,1-2,5-6H2. The van der Waals surface area contributed by atoms with Gasteiger partial charge in [-0.3, -0.25) is 9.63 Å². The third kappa shape index (κ3) is 3.04. The zero-order valence-electron chi connectivity index (χ0n) is 9.84. The Bertz CT molecular complexity index is 481. The summed E-state index contributed by atoms with van der Waals surface area (Å²) < 4.78 is 51.1. The maximum absolute atomic E-state index is 13.5. The highest BCUT2D eigenvalue weighted by atomic mass is 19.4. The minimum Gasteiger partial charge on any atom is -0.271 e. The molecule has 0 N–H and O–H groups in total. The normalized spacial score (nSPS) is 16.5. The first-order chi connectivity index (χ1) is 8.89. The van der Waals surface area contributed by atoms with Crippen LogP contribution in [0.3, 0.4) is 0 Å². The molecule has 0 atom stereocenters. The van der Waals surface area contributed by atoms with E-state index in [1.54, 1.807) is 0 Å². The van der Waals surface area contributed by atoms with Gasteiger partial charge in [-0.1, -0.05) is 0 Å². The Morgan fingerprint density at radius 3 is 2.58 bits per heavy atom. The number of alkyl halides is 3. The molecule has 1 amide bonds. The highest BCUT2D eigenvalue weighted by Crippen LogP contribution is 2.30. The van der Waals surface area contributed by atoms with Gasteiger partial charge < -0.3 is 0 Å². The minimum absolute atomic E-state index is 0.245. The summed E-state index contributed by atoms with van der Waals surface area (Å²) in [6.07, 6.45) is -3.19. The van der Waals surface area contributed by atoms with E-state index in [9.17, 15) is 22.4 Å². The molecule has 1 aliphatic heterocycles. The van der Waals surface area contributed by atoms with Gasteiger partial charge in [-0.15, -0.1) is 0 Å². The molecule has 1 fully saturated rings. The molecule has 1 aliphatic rings. The molecule has 0 aromatic heterocycles. The summed E-state index contributed by atoms with van der Waals surface area (Å²) in [5, 5.41) is 0.905. The first kappa shape index (κ1) is 13.8. The monoisotopic (exact) mass is 277 g/mol. The topological polar surface area (TPSA) is 29.5 Å². The van der Waals surface area contributed by atoms with Gasteiger partial charge in [0, 0.05) is 6.54 Å². The SMILES string of the molecule is O=C(c1cc(C(F)(F)F)ccc1F)N1CCCCO1. The van der Waals surface area contributed by atoms with Gasteiger partial charge in [0.2, 0.25) is 0 Å². The average Bonchev–Trinajstić information content (AvgIpc) is 2.38. The van der Waals surface area contributed by atoms with E-state index in [0.29, 0.717) is 31.2 Å². The van der Waals surface area contributed by atoms with Crippen LogP contribution in [0.25, 0.3) is 0 Å². The molecular weight excluding hydrogens is 266 g/mol. The van der Waals surface area contributed by atoms with Gasteiger partial charge in [0.25, 0.3) is 5.91 Å². The van der Waals surface area contributed by atoms with Crippen molar-refractivity contribution < 1.29 is 27.2 Å². The molecule has 7 heteroatoms. The molecule has 104 valence electrons. The second-order valence-electron chi connectivity index (χ2n) is 4.14. The van der Waals surface area contributed by atoms with Crippen molar-refractivity contribution in [3.63, 3.8) is 0 Å². The van der Waals surface area contributed by atoms with E-state index in [4.69, 9.17) is 4.84 Å². The number of nitrogens with zero attached hydrogens (tertiary/aromatic N) is 1. The van der Waals surface area contributed by atoms with Crippen LogP contribution < -0.4 is 0 Å². The Balaban J connectivity index is 2.30. The van der Waals surface area contributed by atoms with Gasteiger partial charge in [-0.05, 0) is 31.0 Å². The van der Waals surface area contributed by atoms with Crippen LogP contribution in [-0.4, -0.2) is 24.1 Å². The molecular formula is C12H11F4NO2. The molecule has 2 rings (SSSR count). The fourth-order valence-corrected chi connectivity index (χ4v) is 1.76. The molecule has 1 saturated heterocycles. The van der Waals surface area contributed by atoms with Gasteiger partial charge >= 0.3 is 6.18 Å². The lowest BCUT2D eigenvalue weighted by atomic mass is 10.1. The number of hydroxylamine groups is 2. The van der Waals surface area contributed by atoms with Crippen molar-refractivity contribution in [2.75, 3.05) is 13.2 Å². The maximum atomic E-state index is 13.5. The van der Waals surface area contributed by atoms with Crippen LogP contribution in [0.1, 0.15) is 28.8 Å². The largest absolute Gasteiger partial charge is 0.416 e. The Morgan fingerprint density at radius 1 is 1.26 bits per heavy atom. The molecule has 3 nitrogen and oxygen atoms in total. The van der Waals surface area contributed by atoms with Gasteiger partial charge in [0.05, 0.1) is 17.7 Å². The molecule has 0 spiro atoms. The maximum Gasteiger partial charge on any atom is 0.416 e. The van der Waals surface area contributed by atoms with Crippen molar-refractivity contribution in [1.82, 2.24) is 5.06 Å². The first-order valence-electron chi connectivity index (χ1n) is 5.71. The number of carbonyl (C=O) groups excluding carboxylic acids is 1. The minimum atomic E-state index is -4.62. The number of hydrogen-bond donors (Lipinski definition) is 0. The molecule has 1 aromatic carbocycles. The molecule has 1 aromatic rings. The zero-order valence-corrected chi connectivity index (χ0v) is 9.84. The quantitative estimate of drug-likeness (QED) is 0.738. The van der Waals surface area contributed by atoms with Gasteiger partial charge in [-0.2, -0.15) is 13.2 Å². The number of benzene rings is 1. The highest BCUT2D eigenvalue weighted by molar-refractivity contribution is 5.94. The van der Waals surface area contributed by atoms with Crippen molar-refractivity contribution in [3.8, 4) is 0 Å². The molecule has 0 radical (unpaired) electrons. The number of carbonyl (C=O) groups is 1. The van der Waals surface area contributed by atoms with E-state index in [2.05, 4.69) is 0 Å². The third-order valence-electron chi connectivity index (χ3n) is 2.75. The van der Waals surface area contributed by atoms with Crippen LogP contribution in [0.5, 0.6) is 0 Å². The van der Waals surface area contributed by atoms with Gasteiger partial charge in [0.15, 0.2) is 0 Å². The fraction of sp³-hybridized carbons (Fsp3) is 0.417. The first-order valence-corrected chi connectivity index (χ1v) is 5.71. The number of hydrogen-bond acceptors (Lipinski definition) is 2. The summed E-state index contributed by atoms with van der Waals surface area (Å²) in [4.78, 5) is 16.9. The van der Waals surface area contributed by atoms with Crippen LogP contribution >= 0.6 is 0 Å². The number of halogens is 4. The molecule has 0 unspecified atom stereocenters. The van der Waals surface area contributed by atoms with Crippen LogP contribution in [-0.2, 0) is 11.0 Å². The smallest absolute Gasteiger partial charge is 0.271 e. The molecule has 0 saturated carbocycles. The lowest BCUT2D eigenvalue weighted by Gasteiger charge is -2.26. The zero-order chi connectivity index (χ0) is 14.0. The van der Waals surface area contributed by atoms with Crippen LogP contribution in [0, 0.1) is 5.82 Å². The van der Waals surface area contributed by atoms with Crippen molar-refractivity contribution in [1.29, 1.82) is 0 Å². The molecule has 0 aliphatic carbocycles. The van der Waals surface area contributed by atoms with Crippen molar-refractivity contribution in [3.05, 3.63) is 35.1 Å².